The molecule has 0 amide bonds. The van der Waals surface area contributed by atoms with E-state index < -0.39 is 5.92 Å². The number of rotatable bonds is 2. The highest BCUT2D eigenvalue weighted by atomic mass is 19.3. The number of alkyl halides is 2. The Kier molecular flexibility index (Phi) is 3.37. The second kappa shape index (κ2) is 4.55. The van der Waals surface area contributed by atoms with Crippen molar-refractivity contribution in [3.8, 4) is 12.1 Å². The second-order valence-corrected chi connectivity index (χ2v) is 3.29. The molecule has 0 spiro atoms. The van der Waals surface area contributed by atoms with Crippen LogP contribution in [-0.4, -0.2) is 0 Å². The number of halogens is 2. The summed E-state index contributed by atoms with van der Waals surface area (Å²) in [4.78, 5) is 0. The van der Waals surface area contributed by atoms with Gasteiger partial charge in [-0.05, 0) is 11.6 Å². The van der Waals surface area contributed by atoms with Gasteiger partial charge in [-0.25, -0.2) is 8.78 Å². The summed E-state index contributed by atoms with van der Waals surface area (Å²) in [5.74, 6) is -2.88. The van der Waals surface area contributed by atoms with Crippen molar-refractivity contribution in [2.75, 3.05) is 0 Å². The van der Waals surface area contributed by atoms with Crippen molar-refractivity contribution in [2.45, 2.75) is 12.8 Å². The van der Waals surface area contributed by atoms with Gasteiger partial charge in [-0.15, -0.1) is 0 Å². The molecule has 0 heterocycles. The van der Waals surface area contributed by atoms with Gasteiger partial charge in [0.15, 0.2) is 0 Å². The van der Waals surface area contributed by atoms with Crippen molar-refractivity contribution >= 4 is 6.08 Å². The molecule has 0 unspecified atom stereocenters. The quantitative estimate of drug-likeness (QED) is 0.715. The standard InChI is InChI=1S/C12H8F2N2/c1-12(13,14)11-4-2-9(3-5-11)6-10(7-15)8-16/h2-6H,1H3. The molecule has 0 saturated heterocycles. The molecule has 0 saturated carbocycles. The van der Waals surface area contributed by atoms with Crippen LogP contribution in [0.3, 0.4) is 0 Å². The number of allylic oxidation sites excluding steroid dienone is 1. The molecule has 4 heteroatoms. The fourth-order valence-corrected chi connectivity index (χ4v) is 1.13. The first-order valence-electron chi connectivity index (χ1n) is 4.47. The maximum absolute atomic E-state index is 12.9. The zero-order valence-electron chi connectivity index (χ0n) is 8.54. The van der Waals surface area contributed by atoms with E-state index in [0.717, 1.165) is 6.92 Å². The first-order valence-corrected chi connectivity index (χ1v) is 4.47. The summed E-state index contributed by atoms with van der Waals surface area (Å²) >= 11 is 0. The van der Waals surface area contributed by atoms with Crippen molar-refractivity contribution in [1.82, 2.24) is 0 Å². The average Bonchev–Trinajstić information content (AvgIpc) is 2.25. The maximum Gasteiger partial charge on any atom is 0.270 e. The molecule has 1 aromatic carbocycles. The Morgan fingerprint density at radius 3 is 2.06 bits per heavy atom. The number of nitrogens with zero attached hydrogens (tertiary/aromatic N) is 2. The van der Waals surface area contributed by atoms with E-state index in [1.807, 2.05) is 0 Å². The molecule has 2 nitrogen and oxygen atoms in total. The van der Waals surface area contributed by atoms with Crippen molar-refractivity contribution in [2.24, 2.45) is 0 Å². The van der Waals surface area contributed by atoms with Crippen LogP contribution in [0.5, 0.6) is 0 Å². The monoisotopic (exact) mass is 218 g/mol. The van der Waals surface area contributed by atoms with Gasteiger partial charge >= 0.3 is 0 Å². The molecule has 1 rings (SSSR count). The summed E-state index contributed by atoms with van der Waals surface area (Å²) in [6.45, 7) is 0.813. The van der Waals surface area contributed by atoms with Crippen LogP contribution in [0, 0.1) is 22.7 Å². The molecule has 0 atom stereocenters. The van der Waals surface area contributed by atoms with Gasteiger partial charge in [-0.2, -0.15) is 10.5 Å². The molecule has 0 fully saturated rings. The number of hydrogen-bond acceptors (Lipinski definition) is 2. The Balaban J connectivity index is 3.03. The fraction of sp³-hybridized carbons (Fsp3) is 0.167. The van der Waals surface area contributed by atoms with Gasteiger partial charge in [-0.3, -0.25) is 0 Å². The predicted octanol–water partition coefficient (Wildman–Crippen LogP) is 3.23. The number of benzene rings is 1. The fourth-order valence-electron chi connectivity index (χ4n) is 1.13. The Hall–Kier alpha value is -2.20. The van der Waals surface area contributed by atoms with Crippen molar-refractivity contribution in [3.05, 3.63) is 41.0 Å². The molecular formula is C12H8F2N2. The molecule has 1 aromatic rings. The highest BCUT2D eigenvalue weighted by molar-refractivity contribution is 5.62. The zero-order valence-corrected chi connectivity index (χ0v) is 8.54. The minimum atomic E-state index is -2.88. The largest absolute Gasteiger partial charge is 0.270 e. The minimum Gasteiger partial charge on any atom is -0.202 e. The highest BCUT2D eigenvalue weighted by Crippen LogP contribution is 2.27. The number of nitriles is 2. The van der Waals surface area contributed by atoms with Crippen molar-refractivity contribution in [3.63, 3.8) is 0 Å². The van der Waals surface area contributed by atoms with Crippen LogP contribution in [0.25, 0.3) is 6.08 Å². The van der Waals surface area contributed by atoms with E-state index >= 15 is 0 Å². The molecule has 16 heavy (non-hydrogen) atoms. The third kappa shape index (κ3) is 2.90. The van der Waals surface area contributed by atoms with Crippen molar-refractivity contribution in [1.29, 1.82) is 10.5 Å². The molecule has 0 aromatic heterocycles. The van der Waals surface area contributed by atoms with E-state index in [4.69, 9.17) is 10.5 Å². The van der Waals surface area contributed by atoms with E-state index in [1.54, 1.807) is 12.1 Å². The highest BCUT2D eigenvalue weighted by Gasteiger charge is 2.23. The summed E-state index contributed by atoms with van der Waals surface area (Å²) in [7, 11) is 0. The van der Waals surface area contributed by atoms with Crippen molar-refractivity contribution < 1.29 is 8.78 Å². The SMILES string of the molecule is CC(F)(F)c1ccc(C=C(C#N)C#N)cc1. The van der Waals surface area contributed by atoms with Crippen LogP contribution in [0.1, 0.15) is 18.1 Å². The topological polar surface area (TPSA) is 47.6 Å². The Morgan fingerprint density at radius 2 is 1.69 bits per heavy atom. The zero-order chi connectivity index (χ0) is 12.2. The minimum absolute atomic E-state index is 0.0593. The van der Waals surface area contributed by atoms with Gasteiger partial charge in [0, 0.05) is 12.5 Å². The smallest absolute Gasteiger partial charge is 0.202 e. The van der Waals surface area contributed by atoms with E-state index in [0.29, 0.717) is 5.56 Å². The van der Waals surface area contributed by atoms with Gasteiger partial charge in [0.1, 0.15) is 17.7 Å². The van der Waals surface area contributed by atoms with Crippen LogP contribution in [-0.2, 0) is 5.92 Å². The summed E-state index contributed by atoms with van der Waals surface area (Å²) in [6, 6.07) is 8.84. The molecule has 0 N–H and O–H groups in total. The average molecular weight is 218 g/mol. The molecule has 0 radical (unpaired) electrons. The lowest BCUT2D eigenvalue weighted by Crippen LogP contribution is -2.06. The lowest BCUT2D eigenvalue weighted by Gasteiger charge is -2.09. The van der Waals surface area contributed by atoms with Gasteiger partial charge in [0.2, 0.25) is 0 Å². The summed E-state index contributed by atoms with van der Waals surface area (Å²) in [6.07, 6.45) is 1.34. The van der Waals surface area contributed by atoms with Crippen LogP contribution in [0.4, 0.5) is 8.78 Å². The van der Waals surface area contributed by atoms with Gasteiger partial charge < -0.3 is 0 Å². The maximum atomic E-state index is 12.9. The second-order valence-electron chi connectivity index (χ2n) is 3.29. The molecule has 0 aliphatic rings. The lowest BCUT2D eigenvalue weighted by molar-refractivity contribution is 0.0175. The first-order chi connectivity index (χ1) is 7.47. The van der Waals surface area contributed by atoms with Crippen LogP contribution >= 0.6 is 0 Å². The molecular weight excluding hydrogens is 210 g/mol. The van der Waals surface area contributed by atoms with Gasteiger partial charge in [0.05, 0.1) is 0 Å². The third-order valence-electron chi connectivity index (χ3n) is 1.97. The normalized spacial score (nSPS) is 10.1. The Morgan fingerprint density at radius 1 is 1.19 bits per heavy atom. The molecule has 80 valence electrons. The van der Waals surface area contributed by atoms with E-state index in [9.17, 15) is 8.78 Å². The summed E-state index contributed by atoms with van der Waals surface area (Å²) in [5.41, 5.74) is 0.391. The summed E-state index contributed by atoms with van der Waals surface area (Å²) in [5, 5.41) is 17.0. The molecule has 0 bridgehead atoms. The Bertz CT molecular complexity index is 466. The predicted molar refractivity (Wildman–Crippen MR) is 55.2 cm³/mol. The van der Waals surface area contributed by atoms with E-state index in [1.165, 1.54) is 30.3 Å². The third-order valence-corrected chi connectivity index (χ3v) is 1.97. The molecule has 0 aliphatic heterocycles. The lowest BCUT2D eigenvalue weighted by atomic mass is 10.1. The Labute approximate surface area is 92.0 Å². The van der Waals surface area contributed by atoms with Gasteiger partial charge in [-0.1, -0.05) is 24.3 Å². The van der Waals surface area contributed by atoms with Crippen LogP contribution in [0.15, 0.2) is 29.8 Å². The molecule has 0 aliphatic carbocycles. The van der Waals surface area contributed by atoms with E-state index in [-0.39, 0.29) is 11.1 Å². The first kappa shape index (κ1) is 11.9. The summed E-state index contributed by atoms with van der Waals surface area (Å²) < 4.78 is 25.7. The van der Waals surface area contributed by atoms with Crippen LogP contribution in [0.2, 0.25) is 0 Å². The number of hydrogen-bond donors (Lipinski definition) is 0. The van der Waals surface area contributed by atoms with Gasteiger partial charge in [0.25, 0.3) is 5.92 Å². The van der Waals surface area contributed by atoms with Crippen LogP contribution < -0.4 is 0 Å². The van der Waals surface area contributed by atoms with E-state index in [2.05, 4.69) is 0 Å².